The van der Waals surface area contributed by atoms with Gasteiger partial charge in [0.15, 0.2) is 0 Å². The third-order valence-electron chi connectivity index (χ3n) is 3.42. The molecule has 0 bridgehead atoms. The van der Waals surface area contributed by atoms with Crippen LogP contribution in [0.1, 0.15) is 23.0 Å². The van der Waals surface area contributed by atoms with Crippen molar-refractivity contribution in [3.05, 3.63) is 45.8 Å². The van der Waals surface area contributed by atoms with Crippen molar-refractivity contribution < 1.29 is 4.74 Å². The number of likely N-dealkylation sites (N-methyl/N-ethyl adjacent to an activating group) is 1. The molecule has 0 N–H and O–H groups in total. The molecule has 1 aromatic heterocycles. The summed E-state index contributed by atoms with van der Waals surface area (Å²) in [4.78, 5) is 3.71. The summed E-state index contributed by atoms with van der Waals surface area (Å²) in [5, 5.41) is 2.18. The van der Waals surface area contributed by atoms with Crippen molar-refractivity contribution in [1.29, 1.82) is 0 Å². The monoisotopic (exact) mass is 247 g/mol. The minimum Gasteiger partial charge on any atom is -0.375 e. The van der Waals surface area contributed by atoms with E-state index in [9.17, 15) is 0 Å². The van der Waals surface area contributed by atoms with Gasteiger partial charge in [0.05, 0.1) is 6.61 Å². The van der Waals surface area contributed by atoms with Gasteiger partial charge in [-0.15, -0.1) is 11.3 Å². The standard InChI is InChI=1S/C14H17NOS/c1-15-8-4-2-3-5-12(15)13-14-11(6-9-16-13)7-10-17-14/h2-3,5,7,10,13H,4,6,8-9H2,1H3. The Balaban J connectivity index is 1.95. The maximum atomic E-state index is 5.99. The van der Waals surface area contributed by atoms with E-state index in [0.717, 1.165) is 26.0 Å². The molecule has 0 saturated heterocycles. The van der Waals surface area contributed by atoms with Gasteiger partial charge in [0.25, 0.3) is 0 Å². The Morgan fingerprint density at radius 1 is 1.47 bits per heavy atom. The number of thiophene rings is 1. The molecule has 17 heavy (non-hydrogen) atoms. The minimum atomic E-state index is 0.145. The SMILES string of the molecule is CN1CCC=CC=C1C1OCCc2ccsc21. The van der Waals surface area contributed by atoms with Gasteiger partial charge in [-0.05, 0) is 35.9 Å². The topological polar surface area (TPSA) is 12.5 Å². The van der Waals surface area contributed by atoms with E-state index in [1.165, 1.54) is 16.1 Å². The predicted molar refractivity (Wildman–Crippen MR) is 71.2 cm³/mol. The summed E-state index contributed by atoms with van der Waals surface area (Å²) < 4.78 is 5.99. The molecule has 0 fully saturated rings. The number of allylic oxidation sites excluding steroid dienone is 2. The highest BCUT2D eigenvalue weighted by molar-refractivity contribution is 7.10. The molecule has 1 aromatic rings. The van der Waals surface area contributed by atoms with Crippen molar-refractivity contribution in [2.75, 3.05) is 20.2 Å². The van der Waals surface area contributed by atoms with Crippen LogP contribution in [0.4, 0.5) is 0 Å². The van der Waals surface area contributed by atoms with Gasteiger partial charge in [-0.2, -0.15) is 0 Å². The van der Waals surface area contributed by atoms with E-state index in [-0.39, 0.29) is 6.10 Å². The van der Waals surface area contributed by atoms with Crippen LogP contribution in [0.5, 0.6) is 0 Å². The Morgan fingerprint density at radius 2 is 2.41 bits per heavy atom. The van der Waals surface area contributed by atoms with Crippen LogP contribution >= 0.6 is 11.3 Å². The van der Waals surface area contributed by atoms with Crippen LogP contribution in [0.25, 0.3) is 0 Å². The first-order valence-corrected chi connectivity index (χ1v) is 7.00. The lowest BCUT2D eigenvalue weighted by molar-refractivity contribution is 0.0526. The molecule has 3 heteroatoms. The minimum absolute atomic E-state index is 0.145. The summed E-state index contributed by atoms with van der Waals surface area (Å²) in [5.74, 6) is 0. The molecule has 3 heterocycles. The Bertz CT molecular complexity index is 461. The Labute approximate surface area is 106 Å². The second-order valence-electron chi connectivity index (χ2n) is 4.54. The molecule has 1 unspecified atom stereocenters. The zero-order chi connectivity index (χ0) is 11.7. The normalized spacial score (nSPS) is 24.2. The number of rotatable bonds is 1. The fourth-order valence-electron chi connectivity index (χ4n) is 2.44. The summed E-state index contributed by atoms with van der Waals surface area (Å²) in [7, 11) is 2.16. The lowest BCUT2D eigenvalue weighted by Crippen LogP contribution is -2.26. The van der Waals surface area contributed by atoms with Crippen molar-refractivity contribution in [2.24, 2.45) is 0 Å². The molecule has 90 valence electrons. The first-order valence-electron chi connectivity index (χ1n) is 6.12. The highest BCUT2D eigenvalue weighted by Crippen LogP contribution is 2.37. The summed E-state index contributed by atoms with van der Waals surface area (Å²) in [6, 6.07) is 2.24. The van der Waals surface area contributed by atoms with Crippen molar-refractivity contribution in [2.45, 2.75) is 18.9 Å². The van der Waals surface area contributed by atoms with E-state index in [1.807, 2.05) is 11.3 Å². The lowest BCUT2D eigenvalue weighted by Gasteiger charge is -2.31. The van der Waals surface area contributed by atoms with Crippen LogP contribution in [0.15, 0.2) is 35.4 Å². The van der Waals surface area contributed by atoms with E-state index in [1.54, 1.807) is 0 Å². The first-order chi connectivity index (χ1) is 8.36. The fourth-order valence-corrected chi connectivity index (χ4v) is 3.45. The highest BCUT2D eigenvalue weighted by atomic mass is 32.1. The van der Waals surface area contributed by atoms with Crippen LogP contribution in [-0.4, -0.2) is 25.1 Å². The van der Waals surface area contributed by atoms with E-state index in [4.69, 9.17) is 4.74 Å². The molecule has 0 saturated carbocycles. The van der Waals surface area contributed by atoms with E-state index >= 15 is 0 Å². The largest absolute Gasteiger partial charge is 0.375 e. The number of nitrogens with zero attached hydrogens (tertiary/aromatic N) is 1. The number of fused-ring (bicyclic) bond motifs is 1. The number of hydrogen-bond donors (Lipinski definition) is 0. The van der Waals surface area contributed by atoms with Gasteiger partial charge in [0, 0.05) is 24.2 Å². The van der Waals surface area contributed by atoms with Gasteiger partial charge in [-0.3, -0.25) is 0 Å². The molecule has 0 amide bonds. The van der Waals surface area contributed by atoms with Crippen molar-refractivity contribution in [3.8, 4) is 0 Å². The molecular weight excluding hydrogens is 230 g/mol. The Hall–Kier alpha value is -1.06. The average molecular weight is 247 g/mol. The quantitative estimate of drug-likeness (QED) is 0.756. The van der Waals surface area contributed by atoms with Gasteiger partial charge in [0.1, 0.15) is 6.10 Å². The third kappa shape index (κ3) is 2.05. The second kappa shape index (κ2) is 4.67. The molecular formula is C14H17NOS. The van der Waals surface area contributed by atoms with Gasteiger partial charge in [-0.1, -0.05) is 12.2 Å². The van der Waals surface area contributed by atoms with Crippen LogP contribution in [0.2, 0.25) is 0 Å². The van der Waals surface area contributed by atoms with Crippen LogP contribution in [0.3, 0.4) is 0 Å². The zero-order valence-corrected chi connectivity index (χ0v) is 10.9. The molecule has 0 radical (unpaired) electrons. The summed E-state index contributed by atoms with van der Waals surface area (Å²) in [6.45, 7) is 1.91. The van der Waals surface area contributed by atoms with E-state index < -0.39 is 0 Å². The third-order valence-corrected chi connectivity index (χ3v) is 4.42. The van der Waals surface area contributed by atoms with Crippen molar-refractivity contribution >= 4 is 11.3 Å². The number of ether oxygens (including phenoxy) is 1. The Kier molecular flexibility index (Phi) is 3.04. The van der Waals surface area contributed by atoms with Gasteiger partial charge >= 0.3 is 0 Å². The summed E-state index contributed by atoms with van der Waals surface area (Å²) >= 11 is 1.82. The lowest BCUT2D eigenvalue weighted by atomic mass is 10.0. The molecule has 0 aromatic carbocycles. The predicted octanol–water partition coefficient (Wildman–Crippen LogP) is 3.14. The van der Waals surface area contributed by atoms with Crippen LogP contribution in [0, 0.1) is 0 Å². The van der Waals surface area contributed by atoms with E-state index in [0.29, 0.717) is 0 Å². The summed E-state index contributed by atoms with van der Waals surface area (Å²) in [5.41, 5.74) is 2.76. The van der Waals surface area contributed by atoms with Crippen molar-refractivity contribution in [1.82, 2.24) is 4.90 Å². The summed E-state index contributed by atoms with van der Waals surface area (Å²) in [6.07, 6.45) is 8.90. The fraction of sp³-hybridized carbons (Fsp3) is 0.429. The molecule has 2 aliphatic rings. The molecule has 1 atom stereocenters. The van der Waals surface area contributed by atoms with Crippen LogP contribution < -0.4 is 0 Å². The smallest absolute Gasteiger partial charge is 0.131 e. The number of hydrogen-bond acceptors (Lipinski definition) is 3. The molecule has 2 nitrogen and oxygen atoms in total. The van der Waals surface area contributed by atoms with Gasteiger partial charge in [-0.25, -0.2) is 0 Å². The zero-order valence-electron chi connectivity index (χ0n) is 10.1. The van der Waals surface area contributed by atoms with E-state index in [2.05, 4.69) is 41.6 Å². The molecule has 0 aliphatic carbocycles. The maximum absolute atomic E-state index is 5.99. The highest BCUT2D eigenvalue weighted by Gasteiger charge is 2.27. The molecule has 3 rings (SSSR count). The molecule has 0 spiro atoms. The van der Waals surface area contributed by atoms with Gasteiger partial charge < -0.3 is 9.64 Å². The Morgan fingerprint density at radius 3 is 3.35 bits per heavy atom. The maximum Gasteiger partial charge on any atom is 0.131 e. The molecule has 2 aliphatic heterocycles. The van der Waals surface area contributed by atoms with Crippen molar-refractivity contribution in [3.63, 3.8) is 0 Å². The van der Waals surface area contributed by atoms with Gasteiger partial charge in [0.2, 0.25) is 0 Å². The average Bonchev–Trinajstić information content (AvgIpc) is 2.72. The first kappa shape index (κ1) is 11.1. The second-order valence-corrected chi connectivity index (χ2v) is 5.49. The van der Waals surface area contributed by atoms with Crippen LogP contribution in [-0.2, 0) is 11.2 Å².